The lowest BCUT2D eigenvalue weighted by molar-refractivity contribution is -0.118. The number of ether oxygens (including phenoxy) is 2. The van der Waals surface area contributed by atoms with E-state index in [1.165, 1.54) is 6.07 Å². The van der Waals surface area contributed by atoms with E-state index < -0.39 is 5.41 Å². The molecule has 1 saturated carbocycles. The predicted octanol–water partition coefficient (Wildman–Crippen LogP) is 5.51. The van der Waals surface area contributed by atoms with Crippen LogP contribution in [0.5, 0.6) is 11.5 Å². The van der Waals surface area contributed by atoms with Crippen LogP contribution in [-0.4, -0.2) is 12.7 Å². The summed E-state index contributed by atoms with van der Waals surface area (Å²) in [6, 6.07) is 16.5. The molecule has 3 aromatic carbocycles. The van der Waals surface area contributed by atoms with Crippen LogP contribution in [0.3, 0.4) is 0 Å². The first-order valence-corrected chi connectivity index (χ1v) is 10.0. The highest BCUT2D eigenvalue weighted by atomic mass is 19.1. The number of amides is 1. The van der Waals surface area contributed by atoms with Crippen molar-refractivity contribution in [2.45, 2.75) is 32.1 Å². The zero-order chi connectivity index (χ0) is 20.9. The van der Waals surface area contributed by atoms with Crippen LogP contribution in [0.1, 0.15) is 29.5 Å². The number of anilines is 1. The summed E-state index contributed by atoms with van der Waals surface area (Å²) < 4.78 is 25.4. The van der Waals surface area contributed by atoms with Crippen molar-refractivity contribution in [3.8, 4) is 22.6 Å². The highest BCUT2D eigenvalue weighted by Gasteiger charge is 2.51. The Balaban J connectivity index is 1.43. The first kappa shape index (κ1) is 18.7. The van der Waals surface area contributed by atoms with E-state index in [0.717, 1.165) is 35.1 Å². The molecular weight excluding hydrogens is 381 g/mol. The van der Waals surface area contributed by atoms with E-state index >= 15 is 0 Å². The third-order valence-corrected chi connectivity index (χ3v) is 6.02. The largest absolute Gasteiger partial charge is 0.454 e. The SMILES string of the molecule is Cc1ccc(-c2cc(NC(=O)C3(c4ccc5c(c4)OCO5)CC3)ccc2C)c(F)c1. The number of fused-ring (bicyclic) bond motifs is 1. The highest BCUT2D eigenvalue weighted by molar-refractivity contribution is 6.02. The maximum atomic E-state index is 14.5. The van der Waals surface area contributed by atoms with Crippen LogP contribution in [0.2, 0.25) is 0 Å². The first-order chi connectivity index (χ1) is 14.5. The summed E-state index contributed by atoms with van der Waals surface area (Å²) in [5, 5.41) is 3.05. The van der Waals surface area contributed by atoms with Gasteiger partial charge in [-0.05, 0) is 79.3 Å². The second kappa shape index (κ2) is 6.87. The Kier molecular flexibility index (Phi) is 4.28. The summed E-state index contributed by atoms with van der Waals surface area (Å²) in [4.78, 5) is 13.2. The number of hydrogen-bond donors (Lipinski definition) is 1. The topological polar surface area (TPSA) is 47.6 Å². The van der Waals surface area contributed by atoms with E-state index in [9.17, 15) is 9.18 Å². The van der Waals surface area contributed by atoms with Crippen molar-refractivity contribution in [1.29, 1.82) is 0 Å². The van der Waals surface area contributed by atoms with Crippen LogP contribution >= 0.6 is 0 Å². The van der Waals surface area contributed by atoms with Crippen LogP contribution in [0, 0.1) is 19.7 Å². The van der Waals surface area contributed by atoms with E-state index in [1.807, 2.05) is 56.3 Å². The molecule has 1 heterocycles. The second-order valence-electron chi connectivity index (χ2n) is 8.12. The van der Waals surface area contributed by atoms with E-state index in [2.05, 4.69) is 5.32 Å². The summed E-state index contributed by atoms with van der Waals surface area (Å²) in [6.07, 6.45) is 1.56. The molecular formula is C25H22FNO3. The Morgan fingerprint density at radius 1 is 0.933 bits per heavy atom. The number of carbonyl (C=O) groups is 1. The molecule has 0 aromatic heterocycles. The molecule has 0 atom stereocenters. The monoisotopic (exact) mass is 403 g/mol. The van der Waals surface area contributed by atoms with Crippen molar-refractivity contribution in [2.24, 2.45) is 0 Å². The van der Waals surface area contributed by atoms with Gasteiger partial charge in [-0.2, -0.15) is 0 Å². The molecule has 5 rings (SSSR count). The lowest BCUT2D eigenvalue weighted by Crippen LogP contribution is -2.27. The molecule has 3 aromatic rings. The molecule has 0 radical (unpaired) electrons. The van der Waals surface area contributed by atoms with Gasteiger partial charge in [0.05, 0.1) is 5.41 Å². The molecule has 30 heavy (non-hydrogen) atoms. The van der Waals surface area contributed by atoms with Crippen molar-refractivity contribution >= 4 is 11.6 Å². The van der Waals surface area contributed by atoms with Crippen LogP contribution in [0.25, 0.3) is 11.1 Å². The van der Waals surface area contributed by atoms with Gasteiger partial charge in [0, 0.05) is 11.3 Å². The maximum Gasteiger partial charge on any atom is 0.235 e. The minimum atomic E-state index is -0.554. The van der Waals surface area contributed by atoms with Gasteiger partial charge < -0.3 is 14.8 Å². The van der Waals surface area contributed by atoms with Gasteiger partial charge in [-0.1, -0.05) is 24.3 Å². The fraction of sp³-hybridized carbons (Fsp3) is 0.240. The zero-order valence-corrected chi connectivity index (χ0v) is 16.9. The molecule has 152 valence electrons. The molecule has 1 amide bonds. The number of carbonyl (C=O) groups excluding carboxylic acids is 1. The highest BCUT2D eigenvalue weighted by Crippen LogP contribution is 2.51. The fourth-order valence-corrected chi connectivity index (χ4v) is 4.05. The molecule has 1 N–H and O–H groups in total. The van der Waals surface area contributed by atoms with E-state index in [-0.39, 0.29) is 18.5 Å². The first-order valence-electron chi connectivity index (χ1n) is 10.0. The normalized spacial score (nSPS) is 15.7. The number of hydrogen-bond acceptors (Lipinski definition) is 3. The van der Waals surface area contributed by atoms with E-state index in [1.54, 1.807) is 6.07 Å². The molecule has 1 aliphatic heterocycles. The Labute approximate surface area is 174 Å². The summed E-state index contributed by atoms with van der Waals surface area (Å²) in [5.74, 6) is 1.07. The molecule has 2 aliphatic rings. The average Bonchev–Trinajstić information content (AvgIpc) is 3.41. The minimum absolute atomic E-state index is 0.0550. The lowest BCUT2D eigenvalue weighted by atomic mass is 9.94. The Morgan fingerprint density at radius 3 is 2.50 bits per heavy atom. The molecule has 0 bridgehead atoms. The van der Waals surface area contributed by atoms with Gasteiger partial charge in [0.1, 0.15) is 5.82 Å². The standard InChI is InChI=1S/C25H22FNO3/c1-15-3-7-19(21(26)11-15)20-13-18(6-4-16(20)2)27-24(28)25(9-10-25)17-5-8-22-23(12-17)30-14-29-22/h3-8,11-13H,9-10,14H2,1-2H3,(H,27,28). The van der Waals surface area contributed by atoms with Gasteiger partial charge in [0.25, 0.3) is 0 Å². The lowest BCUT2D eigenvalue weighted by Gasteiger charge is -2.17. The van der Waals surface area contributed by atoms with Gasteiger partial charge in [-0.3, -0.25) is 4.79 Å². The molecule has 0 unspecified atom stereocenters. The molecule has 1 fully saturated rings. The Morgan fingerprint density at radius 2 is 1.73 bits per heavy atom. The van der Waals surface area contributed by atoms with Crippen molar-refractivity contribution in [3.63, 3.8) is 0 Å². The quantitative estimate of drug-likeness (QED) is 0.625. The summed E-state index contributed by atoms with van der Waals surface area (Å²) in [5.41, 5.74) is 4.17. The van der Waals surface area contributed by atoms with E-state index in [0.29, 0.717) is 22.7 Å². The van der Waals surface area contributed by atoms with Gasteiger partial charge in [-0.15, -0.1) is 0 Å². The number of benzene rings is 3. The minimum Gasteiger partial charge on any atom is -0.454 e. The fourth-order valence-electron chi connectivity index (χ4n) is 4.05. The predicted molar refractivity (Wildman–Crippen MR) is 113 cm³/mol. The molecule has 0 spiro atoms. The van der Waals surface area contributed by atoms with Gasteiger partial charge in [-0.25, -0.2) is 4.39 Å². The summed E-state index contributed by atoms with van der Waals surface area (Å²) in [7, 11) is 0. The zero-order valence-electron chi connectivity index (χ0n) is 16.9. The Bertz CT molecular complexity index is 1170. The van der Waals surface area contributed by atoms with Crippen LogP contribution in [-0.2, 0) is 10.2 Å². The molecule has 5 heteroatoms. The van der Waals surface area contributed by atoms with Crippen molar-refractivity contribution in [2.75, 3.05) is 12.1 Å². The number of rotatable bonds is 4. The maximum absolute atomic E-state index is 14.5. The molecule has 1 aliphatic carbocycles. The van der Waals surface area contributed by atoms with Gasteiger partial charge >= 0.3 is 0 Å². The van der Waals surface area contributed by atoms with Crippen LogP contribution in [0.4, 0.5) is 10.1 Å². The molecule has 0 saturated heterocycles. The number of halogens is 1. The van der Waals surface area contributed by atoms with Crippen LogP contribution in [0.15, 0.2) is 54.6 Å². The average molecular weight is 403 g/mol. The second-order valence-corrected chi connectivity index (χ2v) is 8.12. The van der Waals surface area contributed by atoms with E-state index in [4.69, 9.17) is 9.47 Å². The van der Waals surface area contributed by atoms with Crippen molar-refractivity contribution in [3.05, 3.63) is 77.1 Å². The smallest absolute Gasteiger partial charge is 0.235 e. The van der Waals surface area contributed by atoms with Crippen LogP contribution < -0.4 is 14.8 Å². The van der Waals surface area contributed by atoms with Gasteiger partial charge in [0.2, 0.25) is 12.7 Å². The van der Waals surface area contributed by atoms with Gasteiger partial charge in [0.15, 0.2) is 11.5 Å². The summed E-state index contributed by atoms with van der Waals surface area (Å²) >= 11 is 0. The summed E-state index contributed by atoms with van der Waals surface area (Å²) in [6.45, 7) is 4.01. The van der Waals surface area contributed by atoms with Crippen molar-refractivity contribution in [1.82, 2.24) is 0 Å². The number of nitrogens with one attached hydrogen (secondary N) is 1. The third-order valence-electron chi connectivity index (χ3n) is 6.02. The third kappa shape index (κ3) is 3.11. The van der Waals surface area contributed by atoms with Crippen molar-refractivity contribution < 1.29 is 18.7 Å². The number of aryl methyl sites for hydroxylation is 2. The Hall–Kier alpha value is -3.34. The molecule has 4 nitrogen and oxygen atoms in total.